The zero-order valence-corrected chi connectivity index (χ0v) is 17.6. The van der Waals surface area contributed by atoms with Gasteiger partial charge in [-0.15, -0.1) is 0 Å². The van der Waals surface area contributed by atoms with Gasteiger partial charge in [-0.1, -0.05) is 30.3 Å². The molecule has 2 amide bonds. The lowest BCUT2D eigenvalue weighted by molar-refractivity contribution is -0.122. The van der Waals surface area contributed by atoms with Gasteiger partial charge in [0, 0.05) is 38.3 Å². The van der Waals surface area contributed by atoms with Gasteiger partial charge in [0.25, 0.3) is 5.91 Å². The molecule has 2 aromatic carbocycles. The molecule has 1 saturated heterocycles. The molecule has 164 valence electrons. The first-order valence-corrected chi connectivity index (χ1v) is 10.4. The highest BCUT2D eigenvalue weighted by Crippen LogP contribution is 2.40. The quantitative estimate of drug-likeness (QED) is 0.756. The molecule has 1 N–H and O–H groups in total. The number of piperazine rings is 1. The van der Waals surface area contributed by atoms with Crippen LogP contribution in [0.3, 0.4) is 0 Å². The summed E-state index contributed by atoms with van der Waals surface area (Å²) in [5.74, 6) is 1.47. The van der Waals surface area contributed by atoms with E-state index >= 15 is 0 Å². The second-order valence-electron chi connectivity index (χ2n) is 7.53. The number of ether oxygens (including phenoxy) is 3. The summed E-state index contributed by atoms with van der Waals surface area (Å²) in [5, 5.41) is 2.95. The standard InChI is InChI=1S/C23H27N3O5/c1-29-19-13-18(14-20-22(19)31-12-11-30-20)23(28)26-9-7-25(8-10-26)16-21(27)24-15-17-5-3-2-4-6-17/h2-6,13-14H,7-12,15-16H2,1H3,(H,24,27). The fraction of sp³-hybridized carbons (Fsp3) is 0.391. The lowest BCUT2D eigenvalue weighted by Gasteiger charge is -2.34. The molecule has 0 aliphatic carbocycles. The first-order valence-electron chi connectivity index (χ1n) is 10.4. The molecule has 4 rings (SSSR count). The number of amides is 2. The number of carbonyl (C=O) groups is 2. The van der Waals surface area contributed by atoms with Crippen molar-refractivity contribution in [1.29, 1.82) is 0 Å². The number of carbonyl (C=O) groups excluding carboxylic acids is 2. The Morgan fingerprint density at radius 2 is 1.77 bits per heavy atom. The summed E-state index contributed by atoms with van der Waals surface area (Å²) in [5.41, 5.74) is 1.58. The normalized spacial score (nSPS) is 16.0. The van der Waals surface area contributed by atoms with Crippen LogP contribution in [0.2, 0.25) is 0 Å². The van der Waals surface area contributed by atoms with Gasteiger partial charge >= 0.3 is 0 Å². The number of methoxy groups -OCH3 is 1. The van der Waals surface area contributed by atoms with Crippen LogP contribution in [0.4, 0.5) is 0 Å². The summed E-state index contributed by atoms with van der Waals surface area (Å²) in [6.07, 6.45) is 0. The van der Waals surface area contributed by atoms with Crippen LogP contribution in [0, 0.1) is 0 Å². The summed E-state index contributed by atoms with van der Waals surface area (Å²) in [6.45, 7) is 4.15. The van der Waals surface area contributed by atoms with Gasteiger partial charge in [-0.25, -0.2) is 0 Å². The minimum absolute atomic E-state index is 0.0137. The molecule has 2 aliphatic rings. The molecule has 0 saturated carbocycles. The number of nitrogens with zero attached hydrogens (tertiary/aromatic N) is 2. The van der Waals surface area contributed by atoms with Crippen molar-refractivity contribution in [2.45, 2.75) is 6.54 Å². The fourth-order valence-electron chi connectivity index (χ4n) is 3.74. The third-order valence-electron chi connectivity index (χ3n) is 5.43. The number of fused-ring (bicyclic) bond motifs is 1. The predicted molar refractivity (Wildman–Crippen MR) is 115 cm³/mol. The number of benzene rings is 2. The first-order chi connectivity index (χ1) is 15.1. The van der Waals surface area contributed by atoms with Gasteiger partial charge in [0.05, 0.1) is 13.7 Å². The van der Waals surface area contributed by atoms with Crippen molar-refractivity contribution in [3.8, 4) is 17.2 Å². The minimum Gasteiger partial charge on any atom is -0.493 e. The molecule has 0 unspecified atom stereocenters. The van der Waals surface area contributed by atoms with E-state index < -0.39 is 0 Å². The van der Waals surface area contributed by atoms with E-state index in [1.54, 1.807) is 24.1 Å². The molecule has 1 fully saturated rings. The van der Waals surface area contributed by atoms with Crippen molar-refractivity contribution in [3.05, 3.63) is 53.6 Å². The Bertz CT molecular complexity index is 909. The van der Waals surface area contributed by atoms with Crippen LogP contribution in [0.1, 0.15) is 15.9 Å². The molecule has 0 aromatic heterocycles. The van der Waals surface area contributed by atoms with Crippen molar-refractivity contribution in [3.63, 3.8) is 0 Å². The third kappa shape index (κ3) is 5.08. The highest BCUT2D eigenvalue weighted by molar-refractivity contribution is 5.95. The summed E-state index contributed by atoms with van der Waals surface area (Å²) >= 11 is 0. The molecule has 2 aliphatic heterocycles. The molecule has 2 aromatic rings. The van der Waals surface area contributed by atoms with Crippen LogP contribution in [-0.4, -0.2) is 74.7 Å². The molecule has 0 radical (unpaired) electrons. The Labute approximate surface area is 181 Å². The van der Waals surface area contributed by atoms with Crippen LogP contribution >= 0.6 is 0 Å². The molecule has 2 heterocycles. The summed E-state index contributed by atoms with van der Waals surface area (Å²) in [4.78, 5) is 29.1. The Morgan fingerprint density at radius 1 is 1.03 bits per heavy atom. The van der Waals surface area contributed by atoms with E-state index in [1.807, 2.05) is 30.3 Å². The average molecular weight is 425 g/mol. The number of hydrogen-bond acceptors (Lipinski definition) is 6. The molecule has 0 spiro atoms. The third-order valence-corrected chi connectivity index (χ3v) is 5.43. The average Bonchev–Trinajstić information content (AvgIpc) is 2.82. The van der Waals surface area contributed by atoms with Gasteiger partial charge in [-0.3, -0.25) is 14.5 Å². The first kappa shape index (κ1) is 21.0. The monoisotopic (exact) mass is 425 g/mol. The van der Waals surface area contributed by atoms with Crippen molar-refractivity contribution in [2.24, 2.45) is 0 Å². The molecule has 0 atom stereocenters. The van der Waals surface area contributed by atoms with Gasteiger partial charge in [0.15, 0.2) is 11.5 Å². The van der Waals surface area contributed by atoms with Crippen LogP contribution in [0.15, 0.2) is 42.5 Å². The summed E-state index contributed by atoms with van der Waals surface area (Å²) in [6, 6.07) is 13.2. The van der Waals surface area contributed by atoms with E-state index in [-0.39, 0.29) is 11.8 Å². The second kappa shape index (κ2) is 9.70. The predicted octanol–water partition coefficient (Wildman–Crippen LogP) is 1.54. The maximum atomic E-state index is 13.0. The summed E-state index contributed by atoms with van der Waals surface area (Å²) in [7, 11) is 1.55. The van der Waals surface area contributed by atoms with Gasteiger partial charge < -0.3 is 24.4 Å². The zero-order chi connectivity index (χ0) is 21.6. The van der Waals surface area contributed by atoms with Crippen molar-refractivity contribution in [2.75, 3.05) is 53.0 Å². The maximum absolute atomic E-state index is 13.0. The molecule has 31 heavy (non-hydrogen) atoms. The molecule has 8 nitrogen and oxygen atoms in total. The Balaban J connectivity index is 1.29. The number of hydrogen-bond donors (Lipinski definition) is 1. The van der Waals surface area contributed by atoms with Crippen molar-refractivity contribution >= 4 is 11.8 Å². The Hall–Kier alpha value is -3.26. The second-order valence-corrected chi connectivity index (χ2v) is 7.53. The zero-order valence-electron chi connectivity index (χ0n) is 17.6. The van der Waals surface area contributed by atoms with E-state index in [0.717, 1.165) is 5.56 Å². The fourth-order valence-corrected chi connectivity index (χ4v) is 3.74. The Morgan fingerprint density at radius 3 is 2.52 bits per heavy atom. The van der Waals surface area contributed by atoms with Gasteiger partial charge in [-0.2, -0.15) is 0 Å². The van der Waals surface area contributed by atoms with E-state index in [4.69, 9.17) is 14.2 Å². The van der Waals surface area contributed by atoms with Crippen LogP contribution in [0.25, 0.3) is 0 Å². The largest absolute Gasteiger partial charge is 0.493 e. The minimum atomic E-state index is -0.0801. The van der Waals surface area contributed by atoms with E-state index in [9.17, 15) is 9.59 Å². The Kier molecular flexibility index (Phi) is 6.57. The highest BCUT2D eigenvalue weighted by Gasteiger charge is 2.26. The van der Waals surface area contributed by atoms with Crippen LogP contribution in [-0.2, 0) is 11.3 Å². The lowest BCUT2D eigenvalue weighted by Crippen LogP contribution is -2.51. The van der Waals surface area contributed by atoms with Crippen molar-refractivity contribution in [1.82, 2.24) is 15.1 Å². The van der Waals surface area contributed by atoms with Crippen LogP contribution < -0.4 is 19.5 Å². The van der Waals surface area contributed by atoms with E-state index in [2.05, 4.69) is 10.2 Å². The number of rotatable bonds is 6. The van der Waals surface area contributed by atoms with E-state index in [1.165, 1.54) is 0 Å². The van der Waals surface area contributed by atoms with Crippen LogP contribution in [0.5, 0.6) is 17.2 Å². The van der Waals surface area contributed by atoms with Gasteiger partial charge in [0.1, 0.15) is 13.2 Å². The molecular weight excluding hydrogens is 398 g/mol. The SMILES string of the molecule is COc1cc(C(=O)N2CCN(CC(=O)NCc3ccccc3)CC2)cc2c1OCCO2. The van der Waals surface area contributed by atoms with Crippen molar-refractivity contribution < 1.29 is 23.8 Å². The maximum Gasteiger partial charge on any atom is 0.254 e. The van der Waals surface area contributed by atoms with E-state index in [0.29, 0.717) is 75.3 Å². The lowest BCUT2D eigenvalue weighted by atomic mass is 10.1. The highest BCUT2D eigenvalue weighted by atomic mass is 16.6. The molecular formula is C23H27N3O5. The summed E-state index contributed by atoms with van der Waals surface area (Å²) < 4.78 is 16.6. The number of nitrogens with one attached hydrogen (secondary N) is 1. The van der Waals surface area contributed by atoms with Gasteiger partial charge in [0.2, 0.25) is 11.7 Å². The molecule has 8 heteroatoms. The topological polar surface area (TPSA) is 80.3 Å². The molecule has 0 bridgehead atoms. The smallest absolute Gasteiger partial charge is 0.254 e. The van der Waals surface area contributed by atoms with Gasteiger partial charge in [-0.05, 0) is 17.7 Å².